The van der Waals surface area contributed by atoms with E-state index in [0.717, 1.165) is 23.4 Å². The highest BCUT2D eigenvalue weighted by Gasteiger charge is 1.98. The number of rotatable bonds is 4. The number of nitrogens with one attached hydrogen (secondary N) is 1. The first-order chi connectivity index (χ1) is 8.25. The molecule has 88 valence electrons. The summed E-state index contributed by atoms with van der Waals surface area (Å²) in [6, 6.07) is 14.3. The fourth-order valence-corrected chi connectivity index (χ4v) is 2.07. The van der Waals surface area contributed by atoms with E-state index in [2.05, 4.69) is 57.4 Å². The lowest BCUT2D eigenvalue weighted by atomic mass is 10.1. The smallest absolute Gasteiger partial charge is 0.127 e. The normalized spacial score (nSPS) is 10.2. The molecule has 2 rings (SSSR count). The number of hydrogen-bond acceptors (Lipinski definition) is 2. The highest BCUT2D eigenvalue weighted by atomic mass is 79.9. The van der Waals surface area contributed by atoms with Gasteiger partial charge < -0.3 is 5.32 Å². The number of nitrogens with zero attached hydrogens (tertiary/aromatic N) is 1. The lowest BCUT2D eigenvalue weighted by Gasteiger charge is -2.07. The van der Waals surface area contributed by atoms with Gasteiger partial charge in [-0.1, -0.05) is 30.3 Å². The van der Waals surface area contributed by atoms with Crippen LogP contribution >= 0.6 is 15.9 Å². The highest BCUT2D eigenvalue weighted by molar-refractivity contribution is 9.10. The van der Waals surface area contributed by atoms with Crippen LogP contribution in [-0.2, 0) is 6.42 Å². The molecule has 2 aromatic rings. The first-order valence-corrected chi connectivity index (χ1v) is 6.46. The number of anilines is 1. The third kappa shape index (κ3) is 3.56. The predicted octanol–water partition coefficient (Wildman–Crippen LogP) is 3.81. The van der Waals surface area contributed by atoms with Crippen molar-refractivity contribution in [2.24, 2.45) is 0 Å². The summed E-state index contributed by atoms with van der Waals surface area (Å²) in [6.07, 6.45) is 1.01. The summed E-state index contributed by atoms with van der Waals surface area (Å²) < 4.78 is 0.860. The minimum atomic E-state index is 0.860. The summed E-state index contributed by atoms with van der Waals surface area (Å²) in [5.41, 5.74) is 2.73. The van der Waals surface area contributed by atoms with Gasteiger partial charge in [-0.15, -0.1) is 0 Å². The fraction of sp³-hybridized carbons (Fsp3) is 0.214. The molecule has 1 aromatic carbocycles. The monoisotopic (exact) mass is 290 g/mol. The van der Waals surface area contributed by atoms with Crippen LogP contribution in [0.5, 0.6) is 0 Å². The number of aryl methyl sites for hydroxylation is 1. The van der Waals surface area contributed by atoms with Crippen molar-refractivity contribution in [1.82, 2.24) is 4.98 Å². The van der Waals surface area contributed by atoms with Crippen LogP contribution in [0.3, 0.4) is 0 Å². The molecule has 2 nitrogen and oxygen atoms in total. The Morgan fingerprint density at radius 1 is 1.12 bits per heavy atom. The summed E-state index contributed by atoms with van der Waals surface area (Å²) in [5.74, 6) is 0.910. The van der Waals surface area contributed by atoms with Gasteiger partial charge in [0.2, 0.25) is 0 Å². The Bertz CT molecular complexity index is 497. The fourth-order valence-electron chi connectivity index (χ4n) is 1.72. The molecule has 0 bridgehead atoms. The molecule has 3 heteroatoms. The molecule has 0 aliphatic carbocycles. The summed E-state index contributed by atoms with van der Waals surface area (Å²) in [4.78, 5) is 4.33. The Morgan fingerprint density at radius 2 is 1.94 bits per heavy atom. The molecular weight excluding hydrogens is 276 g/mol. The second-order valence-corrected chi connectivity index (χ2v) is 4.76. The van der Waals surface area contributed by atoms with Crippen LogP contribution in [0.25, 0.3) is 0 Å². The molecule has 0 saturated heterocycles. The Hall–Kier alpha value is -1.35. The molecular formula is C14H15BrN2. The summed E-state index contributed by atoms with van der Waals surface area (Å²) in [5, 5.41) is 3.32. The number of aromatic nitrogens is 1. The first kappa shape index (κ1) is 12.1. The molecule has 0 saturated carbocycles. The van der Waals surface area contributed by atoms with Gasteiger partial charge in [-0.2, -0.15) is 0 Å². The zero-order chi connectivity index (χ0) is 12.1. The van der Waals surface area contributed by atoms with Gasteiger partial charge in [0.1, 0.15) is 10.4 Å². The number of hydrogen-bond donors (Lipinski definition) is 1. The predicted molar refractivity (Wildman–Crippen MR) is 75.3 cm³/mol. The number of halogens is 1. The number of pyridine rings is 1. The second kappa shape index (κ2) is 5.82. The van der Waals surface area contributed by atoms with E-state index < -0.39 is 0 Å². The SMILES string of the molecule is Cc1ccccc1CCNc1cccc(Br)n1. The average Bonchev–Trinajstić information content (AvgIpc) is 2.32. The van der Waals surface area contributed by atoms with Gasteiger partial charge in [-0.25, -0.2) is 4.98 Å². The van der Waals surface area contributed by atoms with Crippen LogP contribution in [-0.4, -0.2) is 11.5 Å². The lowest BCUT2D eigenvalue weighted by molar-refractivity contribution is 0.992. The maximum absolute atomic E-state index is 4.33. The Balaban J connectivity index is 1.90. The third-order valence-corrected chi connectivity index (χ3v) is 3.12. The maximum Gasteiger partial charge on any atom is 0.127 e. The van der Waals surface area contributed by atoms with Crippen LogP contribution < -0.4 is 5.32 Å². The van der Waals surface area contributed by atoms with Crippen molar-refractivity contribution in [3.05, 3.63) is 58.2 Å². The van der Waals surface area contributed by atoms with Crippen molar-refractivity contribution < 1.29 is 0 Å². The van der Waals surface area contributed by atoms with Crippen LogP contribution in [0.1, 0.15) is 11.1 Å². The molecule has 1 aromatic heterocycles. The van der Waals surface area contributed by atoms with Gasteiger partial charge in [0.25, 0.3) is 0 Å². The van der Waals surface area contributed by atoms with E-state index in [1.807, 2.05) is 18.2 Å². The van der Waals surface area contributed by atoms with Gasteiger partial charge in [-0.05, 0) is 52.5 Å². The van der Waals surface area contributed by atoms with Crippen molar-refractivity contribution in [3.63, 3.8) is 0 Å². The van der Waals surface area contributed by atoms with Crippen molar-refractivity contribution in [2.75, 3.05) is 11.9 Å². The van der Waals surface area contributed by atoms with E-state index in [9.17, 15) is 0 Å². The van der Waals surface area contributed by atoms with E-state index in [-0.39, 0.29) is 0 Å². The molecule has 17 heavy (non-hydrogen) atoms. The Morgan fingerprint density at radius 3 is 2.71 bits per heavy atom. The average molecular weight is 291 g/mol. The number of benzene rings is 1. The van der Waals surface area contributed by atoms with Gasteiger partial charge in [0.05, 0.1) is 0 Å². The van der Waals surface area contributed by atoms with Crippen LogP contribution in [0.15, 0.2) is 47.1 Å². The third-order valence-electron chi connectivity index (χ3n) is 2.68. The van der Waals surface area contributed by atoms with Crippen LogP contribution in [0, 0.1) is 6.92 Å². The van der Waals surface area contributed by atoms with Crippen molar-refractivity contribution >= 4 is 21.7 Å². The second-order valence-electron chi connectivity index (χ2n) is 3.95. The van der Waals surface area contributed by atoms with E-state index in [1.165, 1.54) is 11.1 Å². The largest absolute Gasteiger partial charge is 0.370 e. The minimum absolute atomic E-state index is 0.860. The molecule has 0 radical (unpaired) electrons. The Kier molecular flexibility index (Phi) is 4.15. The van der Waals surface area contributed by atoms with Gasteiger partial charge >= 0.3 is 0 Å². The molecule has 0 unspecified atom stereocenters. The highest BCUT2D eigenvalue weighted by Crippen LogP contribution is 2.11. The standard InChI is InChI=1S/C14H15BrN2/c1-11-5-2-3-6-12(11)9-10-16-14-8-4-7-13(15)17-14/h2-8H,9-10H2,1H3,(H,16,17). The summed E-state index contributed by atoms with van der Waals surface area (Å²) in [7, 11) is 0. The first-order valence-electron chi connectivity index (χ1n) is 5.66. The Labute approximate surface area is 110 Å². The van der Waals surface area contributed by atoms with Crippen LogP contribution in [0.4, 0.5) is 5.82 Å². The molecule has 0 amide bonds. The van der Waals surface area contributed by atoms with Gasteiger partial charge in [-0.3, -0.25) is 0 Å². The van der Waals surface area contributed by atoms with E-state index in [4.69, 9.17) is 0 Å². The molecule has 0 atom stereocenters. The molecule has 0 aliphatic heterocycles. The maximum atomic E-state index is 4.33. The van der Waals surface area contributed by atoms with Gasteiger partial charge in [0.15, 0.2) is 0 Å². The molecule has 1 N–H and O–H groups in total. The van der Waals surface area contributed by atoms with E-state index in [1.54, 1.807) is 0 Å². The molecule has 0 aliphatic rings. The molecule has 0 spiro atoms. The topological polar surface area (TPSA) is 24.9 Å². The quantitative estimate of drug-likeness (QED) is 0.866. The summed E-state index contributed by atoms with van der Waals surface area (Å²) in [6.45, 7) is 3.04. The van der Waals surface area contributed by atoms with E-state index >= 15 is 0 Å². The zero-order valence-electron chi connectivity index (χ0n) is 9.78. The van der Waals surface area contributed by atoms with Crippen LogP contribution in [0.2, 0.25) is 0 Å². The minimum Gasteiger partial charge on any atom is -0.370 e. The van der Waals surface area contributed by atoms with Crippen molar-refractivity contribution in [3.8, 4) is 0 Å². The van der Waals surface area contributed by atoms with Crippen molar-refractivity contribution in [2.45, 2.75) is 13.3 Å². The molecule has 0 fully saturated rings. The lowest BCUT2D eigenvalue weighted by Crippen LogP contribution is -2.06. The molecule has 1 heterocycles. The van der Waals surface area contributed by atoms with Crippen molar-refractivity contribution in [1.29, 1.82) is 0 Å². The summed E-state index contributed by atoms with van der Waals surface area (Å²) >= 11 is 3.36. The zero-order valence-corrected chi connectivity index (χ0v) is 11.4. The van der Waals surface area contributed by atoms with Gasteiger partial charge in [0, 0.05) is 6.54 Å². The van der Waals surface area contributed by atoms with E-state index in [0.29, 0.717) is 0 Å².